The van der Waals surface area contributed by atoms with Gasteiger partial charge in [0.05, 0.1) is 30.2 Å². The number of hydrogen-bond acceptors (Lipinski definition) is 5. The van der Waals surface area contributed by atoms with Crippen molar-refractivity contribution in [1.82, 2.24) is 0 Å². The maximum absolute atomic E-state index is 14.1. The van der Waals surface area contributed by atoms with Gasteiger partial charge in [-0.05, 0) is 79.8 Å². The number of halogens is 2. The van der Waals surface area contributed by atoms with Gasteiger partial charge < -0.3 is 13.9 Å². The summed E-state index contributed by atoms with van der Waals surface area (Å²) in [6.45, 7) is 8.90. The van der Waals surface area contributed by atoms with Crippen molar-refractivity contribution in [2.24, 2.45) is 5.92 Å². The molecule has 0 aliphatic carbocycles. The minimum absolute atomic E-state index is 0.0639. The largest absolute Gasteiger partial charge is 0.490 e. The molecule has 1 amide bonds. The number of aryl methyl sites for hydroxylation is 1. The van der Waals surface area contributed by atoms with E-state index in [2.05, 4.69) is 13.8 Å². The average molecular weight is 550 g/mol. The highest BCUT2D eigenvalue weighted by Gasteiger charge is 2.44. The van der Waals surface area contributed by atoms with Crippen molar-refractivity contribution in [3.63, 3.8) is 0 Å². The number of ether oxygens (including phenoxy) is 2. The lowest BCUT2D eigenvalue weighted by Crippen LogP contribution is -2.29. The quantitative estimate of drug-likeness (QED) is 0.228. The van der Waals surface area contributed by atoms with Gasteiger partial charge in [0.2, 0.25) is 5.76 Å². The highest BCUT2D eigenvalue weighted by molar-refractivity contribution is 6.31. The zero-order valence-corrected chi connectivity index (χ0v) is 23.0. The number of carbonyl (C=O) groups excluding carboxylic acids is 1. The molecule has 2 heterocycles. The van der Waals surface area contributed by atoms with Crippen molar-refractivity contribution in [1.29, 1.82) is 0 Å². The molecule has 6 nitrogen and oxygen atoms in total. The van der Waals surface area contributed by atoms with Gasteiger partial charge in [0.15, 0.2) is 16.9 Å². The molecular formula is C31H29ClFNO5. The molecule has 1 aromatic heterocycles. The van der Waals surface area contributed by atoms with Crippen LogP contribution < -0.4 is 19.8 Å². The van der Waals surface area contributed by atoms with Crippen LogP contribution in [0.25, 0.3) is 11.0 Å². The van der Waals surface area contributed by atoms with Crippen molar-refractivity contribution in [3.8, 4) is 11.5 Å². The van der Waals surface area contributed by atoms with Crippen LogP contribution in [-0.2, 0) is 0 Å². The van der Waals surface area contributed by atoms with Crippen molar-refractivity contribution in [2.75, 3.05) is 18.1 Å². The Morgan fingerprint density at radius 2 is 1.82 bits per heavy atom. The minimum atomic E-state index is -0.862. The number of fused-ring (bicyclic) bond motifs is 2. The second-order valence-corrected chi connectivity index (χ2v) is 10.4. The lowest BCUT2D eigenvalue weighted by atomic mass is 9.97. The topological polar surface area (TPSA) is 69.0 Å². The summed E-state index contributed by atoms with van der Waals surface area (Å²) in [6, 6.07) is 13.5. The molecule has 0 radical (unpaired) electrons. The summed E-state index contributed by atoms with van der Waals surface area (Å²) < 4.78 is 32.0. The molecule has 0 saturated carbocycles. The fourth-order valence-corrected chi connectivity index (χ4v) is 4.92. The molecule has 1 atom stereocenters. The fourth-order valence-electron chi connectivity index (χ4n) is 4.75. The Bertz CT molecular complexity index is 1630. The summed E-state index contributed by atoms with van der Waals surface area (Å²) in [7, 11) is 0. The van der Waals surface area contributed by atoms with Gasteiger partial charge in [-0.1, -0.05) is 37.6 Å². The molecule has 1 unspecified atom stereocenters. The summed E-state index contributed by atoms with van der Waals surface area (Å²) in [5.74, 6) is 0.402. The van der Waals surface area contributed by atoms with Gasteiger partial charge in [-0.15, -0.1) is 0 Å². The summed E-state index contributed by atoms with van der Waals surface area (Å²) in [4.78, 5) is 29.1. The van der Waals surface area contributed by atoms with Gasteiger partial charge in [0.1, 0.15) is 11.4 Å². The minimum Gasteiger partial charge on any atom is -0.490 e. The Labute approximate surface area is 230 Å². The number of hydrogen-bond donors (Lipinski definition) is 0. The molecule has 39 heavy (non-hydrogen) atoms. The second-order valence-electron chi connectivity index (χ2n) is 10.00. The van der Waals surface area contributed by atoms with E-state index in [9.17, 15) is 14.0 Å². The Balaban J connectivity index is 1.70. The monoisotopic (exact) mass is 549 g/mol. The molecule has 0 spiro atoms. The van der Waals surface area contributed by atoms with Gasteiger partial charge in [-0.25, -0.2) is 4.39 Å². The Morgan fingerprint density at radius 1 is 1.03 bits per heavy atom. The van der Waals surface area contributed by atoms with Crippen LogP contribution in [0.1, 0.15) is 60.5 Å². The van der Waals surface area contributed by atoms with Crippen LogP contribution in [0.15, 0.2) is 63.8 Å². The zero-order valence-electron chi connectivity index (χ0n) is 22.2. The summed E-state index contributed by atoms with van der Waals surface area (Å²) in [5, 5.41) is 0.541. The number of benzene rings is 3. The van der Waals surface area contributed by atoms with Crippen molar-refractivity contribution >= 4 is 34.2 Å². The first-order chi connectivity index (χ1) is 18.7. The summed E-state index contributed by atoms with van der Waals surface area (Å²) in [5.41, 5.74) is 1.75. The average Bonchev–Trinajstić information content (AvgIpc) is 3.19. The molecule has 5 rings (SSSR count). The predicted octanol–water partition coefficient (Wildman–Crippen LogP) is 7.47. The van der Waals surface area contributed by atoms with Gasteiger partial charge in [0.25, 0.3) is 5.91 Å². The molecule has 0 saturated heterocycles. The number of amides is 1. The molecule has 3 aromatic carbocycles. The third kappa shape index (κ3) is 4.99. The van der Waals surface area contributed by atoms with E-state index in [1.807, 2.05) is 19.9 Å². The second kappa shape index (κ2) is 10.7. The van der Waals surface area contributed by atoms with Crippen LogP contribution in [0.4, 0.5) is 10.1 Å². The van der Waals surface area contributed by atoms with Crippen molar-refractivity contribution in [3.05, 3.63) is 98.1 Å². The molecule has 8 heteroatoms. The van der Waals surface area contributed by atoms with Crippen LogP contribution in [0.5, 0.6) is 11.5 Å². The smallest absolute Gasteiger partial charge is 0.295 e. The maximum Gasteiger partial charge on any atom is 0.295 e. The van der Waals surface area contributed by atoms with Crippen LogP contribution >= 0.6 is 11.6 Å². The Morgan fingerprint density at radius 3 is 2.54 bits per heavy atom. The lowest BCUT2D eigenvalue weighted by molar-refractivity contribution is 0.0971. The van der Waals surface area contributed by atoms with Crippen molar-refractivity contribution in [2.45, 2.75) is 40.2 Å². The first-order valence-electron chi connectivity index (χ1n) is 12.9. The van der Waals surface area contributed by atoms with Gasteiger partial charge in [0, 0.05) is 10.7 Å². The molecule has 0 bridgehead atoms. The molecule has 1 aliphatic heterocycles. The number of rotatable bonds is 8. The van der Waals surface area contributed by atoms with E-state index < -0.39 is 23.2 Å². The lowest BCUT2D eigenvalue weighted by Gasteiger charge is -2.26. The number of anilines is 1. The third-order valence-corrected chi connectivity index (χ3v) is 7.21. The predicted molar refractivity (Wildman–Crippen MR) is 150 cm³/mol. The van der Waals surface area contributed by atoms with Crippen LogP contribution in [0, 0.1) is 18.7 Å². The van der Waals surface area contributed by atoms with Gasteiger partial charge >= 0.3 is 0 Å². The van der Waals surface area contributed by atoms with E-state index in [-0.39, 0.29) is 22.3 Å². The van der Waals surface area contributed by atoms with E-state index in [1.54, 1.807) is 30.3 Å². The molecule has 0 N–H and O–H groups in total. The number of nitrogens with zero attached hydrogens (tertiary/aromatic N) is 1. The standard InChI is InChI=1S/C31H29ClFNO5/c1-5-37-26-14-19(7-10-25(26)38-13-12-17(2)3)28-27-29(35)22-15-20(33)8-11-24(22)39-30(27)31(36)34(28)21-9-6-18(4)23(32)16-21/h6-11,14-17,28H,5,12-13H2,1-4H3. The highest BCUT2D eigenvalue weighted by atomic mass is 35.5. The van der Waals surface area contributed by atoms with Gasteiger partial charge in [-0.2, -0.15) is 0 Å². The third-order valence-electron chi connectivity index (χ3n) is 6.80. The summed E-state index contributed by atoms with van der Waals surface area (Å²) in [6.07, 6.45) is 0.879. The van der Waals surface area contributed by atoms with Crippen LogP contribution in [0.3, 0.4) is 0 Å². The fraction of sp³-hybridized carbons (Fsp3) is 0.290. The van der Waals surface area contributed by atoms with E-state index in [4.69, 9.17) is 25.5 Å². The normalized spacial score (nSPS) is 14.8. The molecule has 202 valence electrons. The molecule has 1 aliphatic rings. The van der Waals surface area contributed by atoms with E-state index in [0.717, 1.165) is 18.1 Å². The Hall–Kier alpha value is -3.84. The van der Waals surface area contributed by atoms with Crippen LogP contribution in [-0.4, -0.2) is 19.1 Å². The Kier molecular flexibility index (Phi) is 7.36. The van der Waals surface area contributed by atoms with Crippen molar-refractivity contribution < 1.29 is 23.1 Å². The van der Waals surface area contributed by atoms with Crippen LogP contribution in [0.2, 0.25) is 5.02 Å². The number of carbonyl (C=O) groups is 1. The first-order valence-corrected chi connectivity index (χ1v) is 13.3. The maximum atomic E-state index is 14.1. The molecule has 4 aromatic rings. The highest BCUT2D eigenvalue weighted by Crippen LogP contribution is 2.44. The molecule has 0 fully saturated rings. The molecular weight excluding hydrogens is 521 g/mol. The van der Waals surface area contributed by atoms with E-state index >= 15 is 0 Å². The van der Waals surface area contributed by atoms with Gasteiger partial charge in [-0.3, -0.25) is 14.5 Å². The van der Waals surface area contributed by atoms with E-state index in [1.165, 1.54) is 17.0 Å². The summed E-state index contributed by atoms with van der Waals surface area (Å²) >= 11 is 6.44. The first kappa shape index (κ1) is 26.8. The SMILES string of the molecule is CCOc1cc(C2c3c(oc4ccc(F)cc4c3=O)C(=O)N2c2ccc(C)c(Cl)c2)ccc1OCCC(C)C. The van der Waals surface area contributed by atoms with E-state index in [0.29, 0.717) is 46.9 Å². The zero-order chi connectivity index (χ0) is 27.8.